The van der Waals surface area contributed by atoms with Gasteiger partial charge < -0.3 is 9.84 Å². The molecule has 2 aromatic carbocycles. The molecule has 2 N–H and O–H groups in total. The van der Waals surface area contributed by atoms with E-state index >= 15 is 0 Å². The Bertz CT molecular complexity index is 904. The fourth-order valence-electron chi connectivity index (χ4n) is 2.25. The van der Waals surface area contributed by atoms with Crippen molar-refractivity contribution in [3.63, 3.8) is 0 Å². The summed E-state index contributed by atoms with van der Waals surface area (Å²) in [6.45, 7) is 0. The average molecular weight is 410 g/mol. The normalized spacial score (nSPS) is 10.8. The van der Waals surface area contributed by atoms with Crippen molar-refractivity contribution in [1.29, 1.82) is 0 Å². The second-order valence-corrected chi connectivity index (χ2v) is 6.55. The minimum atomic E-state index is -0.624. The quantitative estimate of drug-likeness (QED) is 0.313. The third kappa shape index (κ3) is 5.35. The van der Waals surface area contributed by atoms with Crippen LogP contribution in [0.4, 0.5) is 5.69 Å². The number of amides is 1. The minimum absolute atomic E-state index is 0.0360. The molecule has 1 amide bonds. The van der Waals surface area contributed by atoms with Gasteiger partial charge in [-0.15, -0.1) is 11.8 Å². The number of phenolic OH excluding ortho intramolecular Hbond substituents is 1. The van der Waals surface area contributed by atoms with Crippen LogP contribution in [0.15, 0.2) is 40.3 Å². The SMILES string of the molecule is COc1cc([N+](=O)[O-])cc(/C=N\NC(=O)Cc2cc(Cl)ccc2SC)c1O. The van der Waals surface area contributed by atoms with E-state index in [1.807, 2.05) is 12.3 Å². The van der Waals surface area contributed by atoms with Crippen molar-refractivity contribution in [2.45, 2.75) is 11.3 Å². The van der Waals surface area contributed by atoms with Crippen LogP contribution in [-0.2, 0) is 11.2 Å². The number of aromatic hydroxyl groups is 1. The third-order valence-corrected chi connectivity index (χ3v) is 4.58. The van der Waals surface area contributed by atoms with E-state index in [1.54, 1.807) is 12.1 Å². The summed E-state index contributed by atoms with van der Waals surface area (Å²) >= 11 is 7.45. The Kier molecular flexibility index (Phi) is 7.03. The number of halogens is 1. The molecule has 0 saturated carbocycles. The number of non-ortho nitro benzene ring substituents is 1. The lowest BCUT2D eigenvalue weighted by molar-refractivity contribution is -0.385. The van der Waals surface area contributed by atoms with E-state index < -0.39 is 10.8 Å². The Morgan fingerprint density at radius 2 is 2.19 bits per heavy atom. The van der Waals surface area contributed by atoms with E-state index in [2.05, 4.69) is 10.5 Å². The number of nitro benzene ring substituents is 1. The van der Waals surface area contributed by atoms with Gasteiger partial charge in [-0.2, -0.15) is 5.10 Å². The van der Waals surface area contributed by atoms with Crippen LogP contribution in [-0.4, -0.2) is 35.5 Å². The van der Waals surface area contributed by atoms with Gasteiger partial charge in [-0.3, -0.25) is 14.9 Å². The zero-order valence-electron chi connectivity index (χ0n) is 14.4. The molecule has 8 nitrogen and oxygen atoms in total. The number of hydrazone groups is 1. The van der Waals surface area contributed by atoms with Gasteiger partial charge in [0.1, 0.15) is 0 Å². The van der Waals surface area contributed by atoms with Crippen LogP contribution in [0.2, 0.25) is 5.02 Å². The molecule has 0 aliphatic carbocycles. The molecule has 0 spiro atoms. The van der Waals surface area contributed by atoms with Crippen LogP contribution < -0.4 is 10.2 Å². The summed E-state index contributed by atoms with van der Waals surface area (Å²) in [4.78, 5) is 23.3. The van der Waals surface area contributed by atoms with Gasteiger partial charge in [0, 0.05) is 21.5 Å². The lowest BCUT2D eigenvalue weighted by Crippen LogP contribution is -2.20. The number of rotatable bonds is 7. The van der Waals surface area contributed by atoms with Crippen molar-refractivity contribution in [2.75, 3.05) is 13.4 Å². The number of nitrogens with zero attached hydrogens (tertiary/aromatic N) is 2. The first kappa shape index (κ1) is 20.5. The summed E-state index contributed by atoms with van der Waals surface area (Å²) in [5, 5.41) is 25.2. The first-order chi connectivity index (χ1) is 12.8. The summed E-state index contributed by atoms with van der Waals surface area (Å²) in [6, 6.07) is 7.48. The zero-order valence-corrected chi connectivity index (χ0v) is 16.0. The molecule has 0 saturated heterocycles. The smallest absolute Gasteiger partial charge is 0.274 e. The maximum atomic E-state index is 12.1. The van der Waals surface area contributed by atoms with Crippen molar-refractivity contribution in [2.24, 2.45) is 5.10 Å². The van der Waals surface area contributed by atoms with Gasteiger partial charge in [-0.1, -0.05) is 11.6 Å². The van der Waals surface area contributed by atoms with Gasteiger partial charge in [-0.05, 0) is 30.0 Å². The van der Waals surface area contributed by atoms with Gasteiger partial charge in [0.25, 0.3) is 5.69 Å². The molecule has 2 aromatic rings. The largest absolute Gasteiger partial charge is 0.504 e. The second kappa shape index (κ2) is 9.24. The van der Waals surface area contributed by atoms with Gasteiger partial charge >= 0.3 is 0 Å². The number of phenols is 1. The van der Waals surface area contributed by atoms with Gasteiger partial charge in [0.15, 0.2) is 11.5 Å². The zero-order chi connectivity index (χ0) is 20.0. The van der Waals surface area contributed by atoms with Crippen LogP contribution in [0.25, 0.3) is 0 Å². The molecule has 0 aliphatic heterocycles. The third-order valence-electron chi connectivity index (χ3n) is 3.51. The van der Waals surface area contributed by atoms with Gasteiger partial charge in [0.2, 0.25) is 5.91 Å². The molecule has 0 radical (unpaired) electrons. The van der Waals surface area contributed by atoms with E-state index in [1.165, 1.54) is 18.9 Å². The number of nitro groups is 1. The highest BCUT2D eigenvalue weighted by Crippen LogP contribution is 2.33. The fourth-order valence-corrected chi connectivity index (χ4v) is 3.04. The Hall–Kier alpha value is -2.78. The van der Waals surface area contributed by atoms with E-state index in [0.717, 1.165) is 28.8 Å². The maximum absolute atomic E-state index is 12.1. The number of thioether (sulfide) groups is 1. The standard InChI is InChI=1S/C17H16ClN3O5S/c1-26-14-8-13(21(24)25)6-11(17(14)23)9-19-20-16(22)7-10-5-12(18)3-4-15(10)27-2/h3-6,8-9,23H,7H2,1-2H3,(H,20,22)/b19-9-. The van der Waals surface area contributed by atoms with E-state index in [-0.39, 0.29) is 29.2 Å². The molecule has 0 atom stereocenters. The van der Waals surface area contributed by atoms with E-state index in [0.29, 0.717) is 5.02 Å². The molecule has 0 heterocycles. The molecule has 142 valence electrons. The summed E-state index contributed by atoms with van der Waals surface area (Å²) < 4.78 is 4.90. The van der Waals surface area contributed by atoms with Crippen molar-refractivity contribution < 1.29 is 19.6 Å². The Balaban J connectivity index is 2.13. The highest BCUT2D eigenvalue weighted by molar-refractivity contribution is 7.98. The van der Waals surface area contributed by atoms with Crippen molar-refractivity contribution in [3.05, 3.63) is 56.6 Å². The summed E-state index contributed by atoms with van der Waals surface area (Å²) in [6.07, 6.45) is 3.05. The topological polar surface area (TPSA) is 114 Å². The number of carbonyl (C=O) groups is 1. The highest BCUT2D eigenvalue weighted by Gasteiger charge is 2.16. The second-order valence-electron chi connectivity index (χ2n) is 5.27. The monoisotopic (exact) mass is 409 g/mol. The van der Waals surface area contributed by atoms with Crippen LogP contribution in [0.3, 0.4) is 0 Å². The minimum Gasteiger partial charge on any atom is -0.504 e. The number of methoxy groups -OCH3 is 1. The van der Waals surface area contributed by atoms with Crippen molar-refractivity contribution >= 4 is 41.2 Å². The Morgan fingerprint density at radius 3 is 2.81 bits per heavy atom. The molecular formula is C17H16ClN3O5S. The van der Waals surface area contributed by atoms with Crippen molar-refractivity contribution in [3.8, 4) is 11.5 Å². The summed E-state index contributed by atoms with van der Waals surface area (Å²) in [5.41, 5.74) is 2.83. The maximum Gasteiger partial charge on any atom is 0.274 e. The first-order valence-electron chi connectivity index (χ1n) is 7.55. The lowest BCUT2D eigenvalue weighted by atomic mass is 10.1. The predicted molar refractivity (Wildman–Crippen MR) is 104 cm³/mol. The number of hydrogen-bond donors (Lipinski definition) is 2. The van der Waals surface area contributed by atoms with Gasteiger partial charge in [0.05, 0.1) is 30.7 Å². The summed E-state index contributed by atoms with van der Waals surface area (Å²) in [7, 11) is 1.27. The average Bonchev–Trinajstić information content (AvgIpc) is 2.63. The predicted octanol–water partition coefficient (Wildman–Crippen LogP) is 3.38. The Labute approximate surface area is 164 Å². The molecule has 0 aliphatic rings. The van der Waals surface area contributed by atoms with Crippen LogP contribution in [0, 0.1) is 10.1 Å². The fraction of sp³-hybridized carbons (Fsp3) is 0.176. The molecular weight excluding hydrogens is 394 g/mol. The molecule has 10 heteroatoms. The number of carbonyl (C=O) groups excluding carboxylic acids is 1. The number of benzene rings is 2. The number of ether oxygens (including phenoxy) is 1. The number of hydrogen-bond acceptors (Lipinski definition) is 7. The molecule has 0 bridgehead atoms. The molecule has 0 aromatic heterocycles. The van der Waals surface area contributed by atoms with E-state index in [9.17, 15) is 20.0 Å². The Morgan fingerprint density at radius 1 is 1.44 bits per heavy atom. The van der Waals surface area contributed by atoms with Gasteiger partial charge in [-0.25, -0.2) is 5.43 Å². The van der Waals surface area contributed by atoms with Crippen LogP contribution in [0.1, 0.15) is 11.1 Å². The van der Waals surface area contributed by atoms with Crippen molar-refractivity contribution in [1.82, 2.24) is 5.43 Å². The van der Waals surface area contributed by atoms with Crippen LogP contribution >= 0.6 is 23.4 Å². The molecule has 0 unspecified atom stereocenters. The van der Waals surface area contributed by atoms with E-state index in [4.69, 9.17) is 16.3 Å². The number of nitrogens with one attached hydrogen (secondary N) is 1. The highest BCUT2D eigenvalue weighted by atomic mass is 35.5. The summed E-state index contributed by atoms with van der Waals surface area (Å²) in [5.74, 6) is -0.790. The lowest BCUT2D eigenvalue weighted by Gasteiger charge is -2.07. The first-order valence-corrected chi connectivity index (χ1v) is 9.15. The molecule has 27 heavy (non-hydrogen) atoms. The molecule has 2 rings (SSSR count). The van der Waals surface area contributed by atoms with Crippen LogP contribution in [0.5, 0.6) is 11.5 Å². The molecule has 0 fully saturated rings.